The molecular weight excluding hydrogens is 382 g/mol. The van der Waals surface area contributed by atoms with E-state index in [4.69, 9.17) is 16.3 Å². The molecule has 0 aliphatic carbocycles. The highest BCUT2D eigenvalue weighted by molar-refractivity contribution is 9.10. The Balaban J connectivity index is 2.17. The number of rotatable bonds is 5. The van der Waals surface area contributed by atoms with Gasteiger partial charge in [0.25, 0.3) is 5.91 Å². The Kier molecular flexibility index (Phi) is 6.19. The van der Waals surface area contributed by atoms with Crippen molar-refractivity contribution in [1.82, 2.24) is 5.32 Å². The Bertz CT molecular complexity index is 720. The molecule has 2 aromatic rings. The number of amides is 1. The number of carbonyl (C=O) groups excluding carboxylic acids is 2. The molecule has 6 heteroatoms. The van der Waals surface area contributed by atoms with Gasteiger partial charge in [-0.3, -0.25) is 4.79 Å². The summed E-state index contributed by atoms with van der Waals surface area (Å²) in [5.74, 6) is -0.925. The van der Waals surface area contributed by atoms with E-state index in [1.165, 1.54) is 7.11 Å². The van der Waals surface area contributed by atoms with E-state index >= 15 is 0 Å². The topological polar surface area (TPSA) is 55.4 Å². The number of benzene rings is 2. The highest BCUT2D eigenvalue weighted by Gasteiger charge is 2.23. The fraction of sp³-hybridized carbons (Fsp3) is 0.176. The van der Waals surface area contributed by atoms with Crippen molar-refractivity contribution in [2.24, 2.45) is 0 Å². The van der Waals surface area contributed by atoms with Gasteiger partial charge in [-0.25, -0.2) is 4.79 Å². The molecule has 2 aromatic carbocycles. The fourth-order valence-corrected chi connectivity index (χ4v) is 2.78. The van der Waals surface area contributed by atoms with E-state index in [0.29, 0.717) is 17.0 Å². The molecule has 23 heavy (non-hydrogen) atoms. The molecule has 0 fully saturated rings. The van der Waals surface area contributed by atoms with Gasteiger partial charge in [-0.2, -0.15) is 0 Å². The van der Waals surface area contributed by atoms with E-state index in [2.05, 4.69) is 21.2 Å². The number of esters is 1. The van der Waals surface area contributed by atoms with Crippen molar-refractivity contribution in [3.8, 4) is 0 Å². The number of methoxy groups -OCH3 is 1. The second-order valence-corrected chi connectivity index (χ2v) is 6.19. The summed E-state index contributed by atoms with van der Waals surface area (Å²) in [7, 11) is 1.29. The minimum atomic E-state index is -0.793. The highest BCUT2D eigenvalue weighted by Crippen LogP contribution is 2.16. The van der Waals surface area contributed by atoms with Gasteiger partial charge >= 0.3 is 5.97 Å². The summed E-state index contributed by atoms with van der Waals surface area (Å²) in [6.45, 7) is 0. The SMILES string of the molecule is COC(=O)[C@@H](Cc1cccc(Br)c1)NC(=O)c1ccccc1Cl. The molecule has 0 aromatic heterocycles. The van der Waals surface area contributed by atoms with Crippen LogP contribution in [0, 0.1) is 0 Å². The number of hydrogen-bond donors (Lipinski definition) is 1. The summed E-state index contributed by atoms with van der Waals surface area (Å²) in [4.78, 5) is 24.3. The van der Waals surface area contributed by atoms with Crippen molar-refractivity contribution in [3.05, 3.63) is 69.2 Å². The molecule has 0 radical (unpaired) electrons. The summed E-state index contributed by atoms with van der Waals surface area (Å²) in [5.41, 5.74) is 1.21. The molecule has 1 N–H and O–H groups in total. The maximum Gasteiger partial charge on any atom is 0.328 e. The van der Waals surface area contributed by atoms with Gasteiger partial charge in [-0.15, -0.1) is 0 Å². The molecule has 0 spiro atoms. The van der Waals surface area contributed by atoms with Gasteiger partial charge in [0.1, 0.15) is 6.04 Å². The van der Waals surface area contributed by atoms with Crippen LogP contribution in [0.4, 0.5) is 0 Å². The zero-order valence-electron chi connectivity index (χ0n) is 12.4. The molecule has 0 saturated heterocycles. The van der Waals surface area contributed by atoms with Gasteiger partial charge in [0.15, 0.2) is 0 Å². The van der Waals surface area contributed by atoms with Crippen molar-refractivity contribution in [2.75, 3.05) is 7.11 Å². The molecule has 0 unspecified atom stereocenters. The second-order valence-electron chi connectivity index (χ2n) is 4.86. The Morgan fingerprint density at radius 2 is 1.96 bits per heavy atom. The number of halogens is 2. The predicted molar refractivity (Wildman–Crippen MR) is 92.6 cm³/mol. The first-order valence-corrected chi connectivity index (χ1v) is 8.06. The third-order valence-corrected chi connectivity index (χ3v) is 4.06. The molecule has 1 amide bonds. The van der Waals surface area contributed by atoms with Gasteiger partial charge in [0.2, 0.25) is 0 Å². The van der Waals surface area contributed by atoms with Crippen LogP contribution in [0.1, 0.15) is 15.9 Å². The zero-order chi connectivity index (χ0) is 16.8. The fourth-order valence-electron chi connectivity index (χ4n) is 2.12. The largest absolute Gasteiger partial charge is 0.467 e. The lowest BCUT2D eigenvalue weighted by atomic mass is 10.1. The lowest BCUT2D eigenvalue weighted by molar-refractivity contribution is -0.142. The Hall–Kier alpha value is -1.85. The Morgan fingerprint density at radius 3 is 2.61 bits per heavy atom. The van der Waals surface area contributed by atoms with Gasteiger partial charge in [-0.1, -0.05) is 51.8 Å². The van der Waals surface area contributed by atoms with Crippen molar-refractivity contribution in [1.29, 1.82) is 0 Å². The predicted octanol–water partition coefficient (Wildman–Crippen LogP) is 3.62. The number of carbonyl (C=O) groups is 2. The van der Waals surface area contributed by atoms with Crippen LogP contribution in [0.15, 0.2) is 53.0 Å². The van der Waals surface area contributed by atoms with E-state index < -0.39 is 17.9 Å². The van der Waals surface area contributed by atoms with Crippen LogP contribution in [0.5, 0.6) is 0 Å². The highest BCUT2D eigenvalue weighted by atomic mass is 79.9. The Morgan fingerprint density at radius 1 is 1.22 bits per heavy atom. The minimum absolute atomic E-state index is 0.317. The van der Waals surface area contributed by atoms with E-state index in [1.54, 1.807) is 24.3 Å². The molecule has 0 saturated carbocycles. The molecular formula is C17H15BrClNO3. The van der Waals surface area contributed by atoms with Crippen LogP contribution in [0.2, 0.25) is 5.02 Å². The lowest BCUT2D eigenvalue weighted by Gasteiger charge is -2.17. The first-order valence-electron chi connectivity index (χ1n) is 6.89. The molecule has 4 nitrogen and oxygen atoms in total. The van der Waals surface area contributed by atoms with Crippen LogP contribution < -0.4 is 5.32 Å². The third kappa shape index (κ3) is 4.81. The second kappa shape index (κ2) is 8.13. The van der Waals surface area contributed by atoms with Gasteiger partial charge in [0.05, 0.1) is 17.7 Å². The summed E-state index contributed by atoms with van der Waals surface area (Å²) >= 11 is 9.40. The minimum Gasteiger partial charge on any atom is -0.467 e. The number of hydrogen-bond acceptors (Lipinski definition) is 3. The van der Waals surface area contributed by atoms with Crippen LogP contribution in [0.25, 0.3) is 0 Å². The van der Waals surface area contributed by atoms with Crippen molar-refractivity contribution in [2.45, 2.75) is 12.5 Å². The van der Waals surface area contributed by atoms with E-state index in [1.807, 2.05) is 24.3 Å². The van der Waals surface area contributed by atoms with Crippen LogP contribution in [0.3, 0.4) is 0 Å². The third-order valence-electron chi connectivity index (χ3n) is 3.24. The first kappa shape index (κ1) is 17.5. The summed E-state index contributed by atoms with van der Waals surface area (Å²) in [6, 6.07) is 13.4. The lowest BCUT2D eigenvalue weighted by Crippen LogP contribution is -2.43. The molecule has 2 rings (SSSR count). The van der Waals surface area contributed by atoms with Crippen molar-refractivity contribution in [3.63, 3.8) is 0 Å². The molecule has 0 aliphatic rings. The van der Waals surface area contributed by atoms with E-state index in [0.717, 1.165) is 10.0 Å². The van der Waals surface area contributed by atoms with Crippen molar-refractivity contribution >= 4 is 39.4 Å². The van der Waals surface area contributed by atoms with Gasteiger partial charge in [0, 0.05) is 10.9 Å². The molecule has 1 atom stereocenters. The summed E-state index contributed by atoms with van der Waals surface area (Å²) < 4.78 is 5.68. The maximum absolute atomic E-state index is 12.3. The van der Waals surface area contributed by atoms with Crippen LogP contribution >= 0.6 is 27.5 Å². The normalized spacial score (nSPS) is 11.6. The number of nitrogens with one attached hydrogen (secondary N) is 1. The van der Waals surface area contributed by atoms with Crippen LogP contribution in [-0.4, -0.2) is 25.0 Å². The van der Waals surface area contributed by atoms with Crippen LogP contribution in [-0.2, 0) is 16.0 Å². The zero-order valence-corrected chi connectivity index (χ0v) is 14.7. The molecule has 0 bridgehead atoms. The van der Waals surface area contributed by atoms with E-state index in [-0.39, 0.29) is 0 Å². The monoisotopic (exact) mass is 395 g/mol. The van der Waals surface area contributed by atoms with Crippen molar-refractivity contribution < 1.29 is 14.3 Å². The quantitative estimate of drug-likeness (QED) is 0.786. The summed E-state index contributed by atoms with van der Waals surface area (Å²) in [5, 5.41) is 3.01. The van der Waals surface area contributed by atoms with E-state index in [9.17, 15) is 9.59 Å². The Labute approximate surface area is 147 Å². The average molecular weight is 397 g/mol. The van der Waals surface area contributed by atoms with Gasteiger partial charge < -0.3 is 10.1 Å². The molecule has 0 aliphatic heterocycles. The standard InChI is InChI=1S/C17H15BrClNO3/c1-23-17(22)15(10-11-5-4-6-12(18)9-11)20-16(21)13-7-2-3-8-14(13)19/h2-9,15H,10H2,1H3,(H,20,21)/t15-/m1/s1. The van der Waals surface area contributed by atoms with Gasteiger partial charge in [-0.05, 0) is 29.8 Å². The molecule has 0 heterocycles. The maximum atomic E-state index is 12.3. The first-order chi connectivity index (χ1) is 11.0. The summed E-state index contributed by atoms with van der Waals surface area (Å²) in [6.07, 6.45) is 0.322. The average Bonchev–Trinajstić information content (AvgIpc) is 2.54. The molecule has 120 valence electrons. The number of ether oxygens (including phenoxy) is 1. The smallest absolute Gasteiger partial charge is 0.328 e.